The molecular formula is C13H20ClN3. The third-order valence-corrected chi connectivity index (χ3v) is 3.67. The standard InChI is InChI=1S/C13H20ClN3/c1-17(12-4-2-3-5-12)9-8-15-11-6-7-16-13(14)10-11/h6-7,10,12H,2-5,8-9H2,1H3,(H,15,16). The van der Waals surface area contributed by atoms with E-state index in [4.69, 9.17) is 11.6 Å². The van der Waals surface area contributed by atoms with Gasteiger partial charge in [0.05, 0.1) is 0 Å². The van der Waals surface area contributed by atoms with Crippen molar-refractivity contribution in [1.29, 1.82) is 0 Å². The predicted molar refractivity (Wildman–Crippen MR) is 72.6 cm³/mol. The van der Waals surface area contributed by atoms with Crippen LogP contribution in [0.15, 0.2) is 18.3 Å². The number of pyridine rings is 1. The first kappa shape index (κ1) is 12.7. The van der Waals surface area contributed by atoms with Gasteiger partial charge in [-0.15, -0.1) is 0 Å². The van der Waals surface area contributed by atoms with Crippen molar-refractivity contribution in [2.45, 2.75) is 31.7 Å². The Morgan fingerprint density at radius 3 is 2.94 bits per heavy atom. The minimum Gasteiger partial charge on any atom is -0.384 e. The number of rotatable bonds is 5. The Morgan fingerprint density at radius 1 is 1.47 bits per heavy atom. The molecule has 0 aliphatic heterocycles. The number of likely N-dealkylation sites (N-methyl/N-ethyl adjacent to an activating group) is 1. The molecule has 4 heteroatoms. The van der Waals surface area contributed by atoms with Crippen molar-refractivity contribution in [3.8, 4) is 0 Å². The van der Waals surface area contributed by atoms with Gasteiger partial charge in [-0.25, -0.2) is 4.98 Å². The van der Waals surface area contributed by atoms with Crippen LogP contribution in [-0.4, -0.2) is 36.1 Å². The minimum absolute atomic E-state index is 0.541. The summed E-state index contributed by atoms with van der Waals surface area (Å²) in [7, 11) is 2.22. The zero-order valence-electron chi connectivity index (χ0n) is 10.3. The van der Waals surface area contributed by atoms with Crippen molar-refractivity contribution in [3.63, 3.8) is 0 Å². The summed E-state index contributed by atoms with van der Waals surface area (Å²) in [4.78, 5) is 6.42. The lowest BCUT2D eigenvalue weighted by Gasteiger charge is -2.24. The number of anilines is 1. The van der Waals surface area contributed by atoms with Crippen LogP contribution in [0.5, 0.6) is 0 Å². The average molecular weight is 254 g/mol. The quantitative estimate of drug-likeness (QED) is 0.818. The van der Waals surface area contributed by atoms with E-state index in [0.29, 0.717) is 5.15 Å². The lowest BCUT2D eigenvalue weighted by molar-refractivity contribution is 0.254. The molecule has 0 aromatic carbocycles. The summed E-state index contributed by atoms with van der Waals surface area (Å²) in [5, 5.41) is 3.91. The van der Waals surface area contributed by atoms with Crippen LogP contribution in [0.1, 0.15) is 25.7 Å². The molecule has 2 rings (SSSR count). The highest BCUT2D eigenvalue weighted by Gasteiger charge is 2.18. The van der Waals surface area contributed by atoms with E-state index in [9.17, 15) is 0 Å². The maximum atomic E-state index is 5.83. The Morgan fingerprint density at radius 2 is 2.24 bits per heavy atom. The maximum absolute atomic E-state index is 5.83. The fraction of sp³-hybridized carbons (Fsp3) is 0.615. The van der Waals surface area contributed by atoms with Gasteiger partial charge in [0.2, 0.25) is 0 Å². The molecule has 0 bridgehead atoms. The lowest BCUT2D eigenvalue weighted by Crippen LogP contribution is -2.33. The molecule has 17 heavy (non-hydrogen) atoms. The molecule has 1 N–H and O–H groups in total. The van der Waals surface area contributed by atoms with Crippen LogP contribution < -0.4 is 5.32 Å². The molecule has 1 heterocycles. The molecule has 1 aliphatic rings. The van der Waals surface area contributed by atoms with Gasteiger partial charge in [0, 0.05) is 31.0 Å². The Balaban J connectivity index is 1.71. The van der Waals surface area contributed by atoms with Gasteiger partial charge >= 0.3 is 0 Å². The van der Waals surface area contributed by atoms with Crippen molar-refractivity contribution in [1.82, 2.24) is 9.88 Å². The Labute approximate surface area is 108 Å². The first-order valence-electron chi connectivity index (χ1n) is 6.31. The monoisotopic (exact) mass is 253 g/mol. The first-order valence-corrected chi connectivity index (χ1v) is 6.69. The van der Waals surface area contributed by atoms with Crippen molar-refractivity contribution < 1.29 is 0 Å². The Kier molecular flexibility index (Phi) is 4.63. The maximum Gasteiger partial charge on any atom is 0.131 e. The SMILES string of the molecule is CN(CCNc1ccnc(Cl)c1)C1CCCC1. The molecule has 3 nitrogen and oxygen atoms in total. The van der Waals surface area contributed by atoms with E-state index in [0.717, 1.165) is 24.8 Å². The van der Waals surface area contributed by atoms with Gasteiger partial charge in [0.15, 0.2) is 0 Å². The highest BCUT2D eigenvalue weighted by molar-refractivity contribution is 6.29. The highest BCUT2D eigenvalue weighted by atomic mass is 35.5. The van der Waals surface area contributed by atoms with Gasteiger partial charge in [-0.05, 0) is 32.0 Å². The van der Waals surface area contributed by atoms with Gasteiger partial charge in [-0.1, -0.05) is 24.4 Å². The van der Waals surface area contributed by atoms with E-state index in [2.05, 4.69) is 22.2 Å². The largest absolute Gasteiger partial charge is 0.384 e. The zero-order valence-corrected chi connectivity index (χ0v) is 11.1. The molecule has 1 aliphatic carbocycles. The second-order valence-corrected chi connectivity index (χ2v) is 5.10. The third kappa shape index (κ3) is 3.86. The average Bonchev–Trinajstić information content (AvgIpc) is 2.82. The molecular weight excluding hydrogens is 234 g/mol. The topological polar surface area (TPSA) is 28.2 Å². The van der Waals surface area contributed by atoms with Crippen LogP contribution in [0, 0.1) is 0 Å². The highest BCUT2D eigenvalue weighted by Crippen LogP contribution is 2.22. The van der Waals surface area contributed by atoms with E-state index in [1.165, 1.54) is 25.7 Å². The van der Waals surface area contributed by atoms with E-state index in [1.807, 2.05) is 12.1 Å². The van der Waals surface area contributed by atoms with Crippen LogP contribution >= 0.6 is 11.6 Å². The third-order valence-electron chi connectivity index (χ3n) is 3.47. The fourth-order valence-electron chi connectivity index (χ4n) is 2.42. The number of hydrogen-bond donors (Lipinski definition) is 1. The summed E-state index contributed by atoms with van der Waals surface area (Å²) in [6.07, 6.45) is 7.23. The van der Waals surface area contributed by atoms with Crippen LogP contribution in [0.2, 0.25) is 5.15 Å². The summed E-state index contributed by atoms with van der Waals surface area (Å²) in [5.41, 5.74) is 1.05. The summed E-state index contributed by atoms with van der Waals surface area (Å²) in [6.45, 7) is 2.03. The van der Waals surface area contributed by atoms with Gasteiger partial charge in [0.1, 0.15) is 5.15 Å². The predicted octanol–water partition coefficient (Wildman–Crippen LogP) is 3.02. The molecule has 0 atom stereocenters. The summed E-state index contributed by atoms with van der Waals surface area (Å²) in [6, 6.07) is 4.59. The van der Waals surface area contributed by atoms with Crippen molar-refractivity contribution >= 4 is 17.3 Å². The first-order chi connectivity index (χ1) is 8.25. The molecule has 0 unspecified atom stereocenters. The Bertz CT molecular complexity index is 350. The number of nitrogens with one attached hydrogen (secondary N) is 1. The number of nitrogens with zero attached hydrogens (tertiary/aromatic N) is 2. The Hall–Kier alpha value is -0.800. The molecule has 1 aromatic rings. The van der Waals surface area contributed by atoms with E-state index >= 15 is 0 Å². The minimum atomic E-state index is 0.541. The van der Waals surface area contributed by atoms with E-state index < -0.39 is 0 Å². The lowest BCUT2D eigenvalue weighted by atomic mass is 10.2. The molecule has 0 spiro atoms. The number of hydrogen-bond acceptors (Lipinski definition) is 3. The second kappa shape index (κ2) is 6.22. The van der Waals surface area contributed by atoms with Crippen molar-refractivity contribution in [2.24, 2.45) is 0 Å². The second-order valence-electron chi connectivity index (χ2n) is 4.71. The van der Waals surface area contributed by atoms with Crippen molar-refractivity contribution in [3.05, 3.63) is 23.5 Å². The van der Waals surface area contributed by atoms with Crippen LogP contribution in [-0.2, 0) is 0 Å². The van der Waals surface area contributed by atoms with E-state index in [1.54, 1.807) is 6.20 Å². The summed E-state index contributed by atoms with van der Waals surface area (Å²) in [5.74, 6) is 0. The summed E-state index contributed by atoms with van der Waals surface area (Å²) < 4.78 is 0. The van der Waals surface area contributed by atoms with Crippen LogP contribution in [0.25, 0.3) is 0 Å². The molecule has 0 saturated heterocycles. The molecule has 0 amide bonds. The fourth-order valence-corrected chi connectivity index (χ4v) is 2.59. The molecule has 1 aromatic heterocycles. The normalized spacial score (nSPS) is 16.6. The number of halogens is 1. The smallest absolute Gasteiger partial charge is 0.131 e. The van der Waals surface area contributed by atoms with Crippen LogP contribution in [0.3, 0.4) is 0 Å². The van der Waals surface area contributed by atoms with Gasteiger partial charge in [0.25, 0.3) is 0 Å². The molecule has 0 radical (unpaired) electrons. The van der Waals surface area contributed by atoms with Crippen LogP contribution in [0.4, 0.5) is 5.69 Å². The molecule has 94 valence electrons. The van der Waals surface area contributed by atoms with Gasteiger partial charge < -0.3 is 10.2 Å². The van der Waals surface area contributed by atoms with Gasteiger partial charge in [-0.2, -0.15) is 0 Å². The van der Waals surface area contributed by atoms with Crippen molar-refractivity contribution in [2.75, 3.05) is 25.5 Å². The molecule has 1 fully saturated rings. The zero-order chi connectivity index (χ0) is 12.1. The number of aromatic nitrogens is 1. The molecule has 1 saturated carbocycles. The van der Waals surface area contributed by atoms with Gasteiger partial charge in [-0.3, -0.25) is 0 Å². The summed E-state index contributed by atoms with van der Waals surface area (Å²) >= 11 is 5.83. The van der Waals surface area contributed by atoms with E-state index in [-0.39, 0.29) is 0 Å².